The average Bonchev–Trinajstić information content (AvgIpc) is 2.31. The first-order chi connectivity index (χ1) is 7.92. The molecule has 0 radical (unpaired) electrons. The first-order valence-corrected chi connectivity index (χ1v) is 9.04. The number of hydrogen-bond acceptors (Lipinski definition) is 4. The van der Waals surface area contributed by atoms with Crippen LogP contribution in [0.5, 0.6) is 0 Å². The van der Waals surface area contributed by atoms with Crippen LogP contribution in [-0.2, 0) is 21.7 Å². The SMILES string of the molecule is CCO.CCO.CCO.CC[Si](O)(CC)CC.[Ti]. The molecule has 0 atom stereocenters. The van der Waals surface area contributed by atoms with Crippen LogP contribution < -0.4 is 0 Å². The molecule has 4 N–H and O–H groups in total. The number of rotatable bonds is 3. The van der Waals surface area contributed by atoms with E-state index in [0.717, 1.165) is 18.1 Å². The van der Waals surface area contributed by atoms with Crippen LogP contribution >= 0.6 is 0 Å². The summed E-state index contributed by atoms with van der Waals surface area (Å²) >= 11 is 0. The molecule has 114 valence electrons. The van der Waals surface area contributed by atoms with Crippen molar-refractivity contribution in [1.29, 1.82) is 0 Å². The van der Waals surface area contributed by atoms with Gasteiger partial charge in [0.25, 0.3) is 0 Å². The molecular formula is C12H34O4SiTi. The van der Waals surface area contributed by atoms with Gasteiger partial charge in [-0.1, -0.05) is 20.8 Å². The molecule has 0 heterocycles. The molecule has 0 fully saturated rings. The molecule has 0 aromatic rings. The molecule has 0 saturated heterocycles. The van der Waals surface area contributed by atoms with Crippen LogP contribution in [0, 0.1) is 0 Å². The second-order valence-corrected chi connectivity index (χ2v) is 7.80. The van der Waals surface area contributed by atoms with Crippen LogP contribution in [0.2, 0.25) is 18.1 Å². The summed E-state index contributed by atoms with van der Waals surface area (Å²) in [5.74, 6) is 0. The largest absolute Gasteiger partial charge is 0.432 e. The normalized spacial score (nSPS) is 8.33. The first-order valence-electron chi connectivity index (χ1n) is 6.48. The van der Waals surface area contributed by atoms with Gasteiger partial charge in [0, 0.05) is 41.5 Å². The summed E-state index contributed by atoms with van der Waals surface area (Å²) in [6, 6.07) is 3.04. The molecule has 0 aromatic carbocycles. The molecule has 4 nitrogen and oxygen atoms in total. The van der Waals surface area contributed by atoms with Crippen molar-refractivity contribution in [1.82, 2.24) is 0 Å². The zero-order valence-electron chi connectivity index (χ0n) is 13.0. The minimum absolute atomic E-state index is 0. The summed E-state index contributed by atoms with van der Waals surface area (Å²) in [5, 5.41) is 22.7. The number of aliphatic hydroxyl groups is 3. The van der Waals surface area contributed by atoms with Gasteiger partial charge in [-0.2, -0.15) is 0 Å². The Morgan fingerprint density at radius 2 is 0.722 bits per heavy atom. The van der Waals surface area contributed by atoms with Crippen molar-refractivity contribution in [2.75, 3.05) is 19.8 Å². The van der Waals surface area contributed by atoms with Crippen molar-refractivity contribution in [2.45, 2.75) is 59.7 Å². The Labute approximate surface area is 129 Å². The van der Waals surface area contributed by atoms with Crippen LogP contribution in [0.15, 0.2) is 0 Å². The van der Waals surface area contributed by atoms with Gasteiger partial charge in [-0.05, 0) is 38.9 Å². The number of aliphatic hydroxyl groups excluding tert-OH is 3. The van der Waals surface area contributed by atoms with Crippen molar-refractivity contribution < 1.29 is 41.8 Å². The smallest absolute Gasteiger partial charge is 0.187 e. The maximum absolute atomic E-state index is 9.58. The third kappa shape index (κ3) is 43.7. The number of hydrogen-bond donors (Lipinski definition) is 4. The van der Waals surface area contributed by atoms with Gasteiger partial charge in [0.1, 0.15) is 0 Å². The summed E-state index contributed by atoms with van der Waals surface area (Å²) in [5.41, 5.74) is 0. The molecule has 0 saturated carbocycles. The Kier molecular flexibility index (Phi) is 53.2. The molecule has 18 heavy (non-hydrogen) atoms. The molecule has 0 rings (SSSR count). The van der Waals surface area contributed by atoms with Crippen molar-refractivity contribution in [3.8, 4) is 0 Å². The van der Waals surface area contributed by atoms with E-state index in [4.69, 9.17) is 15.3 Å². The van der Waals surface area contributed by atoms with Gasteiger partial charge in [-0.25, -0.2) is 0 Å². The predicted octanol–water partition coefficient (Wildman–Crippen LogP) is 1.98. The van der Waals surface area contributed by atoms with Crippen LogP contribution in [0.3, 0.4) is 0 Å². The van der Waals surface area contributed by atoms with Gasteiger partial charge >= 0.3 is 0 Å². The minimum Gasteiger partial charge on any atom is -0.432 e. The molecule has 0 amide bonds. The van der Waals surface area contributed by atoms with E-state index in [1.165, 1.54) is 0 Å². The van der Waals surface area contributed by atoms with Crippen LogP contribution in [-0.4, -0.2) is 48.3 Å². The second-order valence-electron chi connectivity index (χ2n) is 3.23. The average molecular weight is 318 g/mol. The molecule has 6 heteroatoms. The molecule has 0 aromatic heterocycles. The summed E-state index contributed by atoms with van der Waals surface area (Å²) < 4.78 is 0. The Morgan fingerprint density at radius 1 is 0.611 bits per heavy atom. The Balaban J connectivity index is -0.0000000477. The Hall–Kier alpha value is 0.771. The van der Waals surface area contributed by atoms with E-state index in [-0.39, 0.29) is 41.5 Å². The van der Waals surface area contributed by atoms with E-state index < -0.39 is 8.32 Å². The van der Waals surface area contributed by atoms with Gasteiger partial charge in [0.05, 0.1) is 0 Å². The van der Waals surface area contributed by atoms with Crippen molar-refractivity contribution in [3.63, 3.8) is 0 Å². The maximum atomic E-state index is 9.58. The second kappa shape index (κ2) is 30.6. The third-order valence-corrected chi connectivity index (χ3v) is 5.92. The molecule has 0 aliphatic heterocycles. The first kappa shape index (κ1) is 31.3. The molecule has 0 bridgehead atoms. The van der Waals surface area contributed by atoms with Gasteiger partial charge in [-0.15, -0.1) is 0 Å². The van der Waals surface area contributed by atoms with Gasteiger partial charge in [0.2, 0.25) is 0 Å². The van der Waals surface area contributed by atoms with E-state index in [9.17, 15) is 4.80 Å². The minimum atomic E-state index is -1.67. The topological polar surface area (TPSA) is 80.9 Å². The fraction of sp³-hybridized carbons (Fsp3) is 1.00. The third-order valence-electron chi connectivity index (χ3n) is 1.97. The molecule has 0 aliphatic rings. The zero-order chi connectivity index (χ0) is 14.7. The quantitative estimate of drug-likeness (QED) is 0.600. The standard InChI is InChI=1S/C6H16OSi.3C2H6O.Ti/c1-4-8(7,5-2)6-3;3*1-2-3;/h7H,4-6H2,1-3H3;3*3H,2H2,1H3;. The van der Waals surface area contributed by atoms with Gasteiger partial charge in [-0.3, -0.25) is 0 Å². The summed E-state index contributed by atoms with van der Waals surface area (Å²) in [6.07, 6.45) is 0. The van der Waals surface area contributed by atoms with Crippen LogP contribution in [0.25, 0.3) is 0 Å². The fourth-order valence-corrected chi connectivity index (χ4v) is 2.25. The molecule has 0 unspecified atom stereocenters. The van der Waals surface area contributed by atoms with E-state index in [1.54, 1.807) is 20.8 Å². The van der Waals surface area contributed by atoms with E-state index >= 15 is 0 Å². The summed E-state index contributed by atoms with van der Waals surface area (Å²) in [6.45, 7) is 12.0. The van der Waals surface area contributed by atoms with Gasteiger partial charge < -0.3 is 20.1 Å². The van der Waals surface area contributed by atoms with E-state index in [1.807, 2.05) is 0 Å². The summed E-state index contributed by atoms with van der Waals surface area (Å²) in [4.78, 5) is 9.58. The zero-order valence-corrected chi connectivity index (χ0v) is 15.6. The van der Waals surface area contributed by atoms with Crippen molar-refractivity contribution in [2.24, 2.45) is 0 Å². The van der Waals surface area contributed by atoms with E-state index in [2.05, 4.69) is 20.8 Å². The molecule has 0 spiro atoms. The van der Waals surface area contributed by atoms with E-state index in [0.29, 0.717) is 0 Å². The molecule has 0 aliphatic carbocycles. The van der Waals surface area contributed by atoms with Crippen molar-refractivity contribution in [3.05, 3.63) is 0 Å². The van der Waals surface area contributed by atoms with Gasteiger partial charge in [0.15, 0.2) is 8.32 Å². The van der Waals surface area contributed by atoms with Crippen LogP contribution in [0.4, 0.5) is 0 Å². The molecular weight excluding hydrogens is 284 g/mol. The predicted molar refractivity (Wildman–Crippen MR) is 77.7 cm³/mol. The van der Waals surface area contributed by atoms with Crippen molar-refractivity contribution >= 4 is 8.32 Å². The van der Waals surface area contributed by atoms with Crippen LogP contribution in [0.1, 0.15) is 41.5 Å². The monoisotopic (exact) mass is 318 g/mol. The summed E-state index contributed by atoms with van der Waals surface area (Å²) in [7, 11) is -1.67. The maximum Gasteiger partial charge on any atom is 0.187 e. The fourth-order valence-electron chi connectivity index (χ4n) is 0.750. The Bertz CT molecular complexity index is 91.1. The Morgan fingerprint density at radius 3 is 0.722 bits per heavy atom.